The Kier molecular flexibility index (Phi) is 14.0. The zero-order chi connectivity index (χ0) is 20.2. The van der Waals surface area contributed by atoms with Crippen LogP contribution in [0.3, 0.4) is 0 Å². The summed E-state index contributed by atoms with van der Waals surface area (Å²) >= 11 is 0. The lowest BCUT2D eigenvalue weighted by Gasteiger charge is -2.36. The van der Waals surface area contributed by atoms with Gasteiger partial charge in [-0.25, -0.2) is 9.13 Å². The lowest BCUT2D eigenvalue weighted by Crippen LogP contribution is -3.00. The number of aryl methyl sites for hydroxylation is 1. The van der Waals surface area contributed by atoms with Gasteiger partial charge in [0.1, 0.15) is 12.4 Å². The van der Waals surface area contributed by atoms with E-state index < -0.39 is 0 Å². The molecule has 1 aliphatic carbocycles. The minimum absolute atomic E-state index is 0. The Balaban J connectivity index is 0.00000420. The third-order valence-electron chi connectivity index (χ3n) is 6.67. The maximum atomic E-state index is 6.37. The van der Waals surface area contributed by atoms with E-state index in [1.54, 1.807) is 0 Å². The molecule has 0 aromatic carbocycles. The van der Waals surface area contributed by atoms with Crippen LogP contribution >= 0.6 is 0 Å². The highest BCUT2D eigenvalue weighted by Gasteiger charge is 2.31. The number of hydrogen-bond acceptors (Lipinski definition) is 1. The van der Waals surface area contributed by atoms with E-state index in [0.29, 0.717) is 12.8 Å². The molecule has 1 aliphatic rings. The van der Waals surface area contributed by atoms with Crippen molar-refractivity contribution in [3.05, 3.63) is 18.7 Å². The summed E-state index contributed by atoms with van der Waals surface area (Å²) in [6.07, 6.45) is 23.5. The summed E-state index contributed by atoms with van der Waals surface area (Å²) in [6.45, 7) is 11.2. The summed E-state index contributed by atoms with van der Waals surface area (Å²) in [5, 5.41) is 0. The van der Waals surface area contributed by atoms with Gasteiger partial charge in [-0.1, -0.05) is 79.1 Å². The fourth-order valence-electron chi connectivity index (χ4n) is 4.74. The highest BCUT2D eigenvalue weighted by Crippen LogP contribution is 2.35. The first kappa shape index (κ1) is 26.5. The van der Waals surface area contributed by atoms with Crippen molar-refractivity contribution < 1.29 is 21.7 Å². The fourth-order valence-corrected chi connectivity index (χ4v) is 4.74. The molecule has 170 valence electrons. The van der Waals surface area contributed by atoms with E-state index in [2.05, 4.69) is 55.6 Å². The molecule has 1 fully saturated rings. The third-order valence-corrected chi connectivity index (χ3v) is 6.67. The molecule has 0 radical (unpaired) electrons. The monoisotopic (exact) mass is 426 g/mol. The van der Waals surface area contributed by atoms with Crippen LogP contribution in [0, 0.1) is 17.8 Å². The van der Waals surface area contributed by atoms with E-state index in [-0.39, 0.29) is 12.4 Å². The summed E-state index contributed by atoms with van der Waals surface area (Å²) in [4.78, 5) is 0. The van der Waals surface area contributed by atoms with Crippen LogP contribution in [-0.2, 0) is 18.0 Å². The minimum atomic E-state index is 0. The molecule has 0 spiro atoms. The van der Waals surface area contributed by atoms with Crippen molar-refractivity contribution in [2.75, 3.05) is 0 Å². The molecule has 0 saturated heterocycles. The molecular formula is C25H47ClN2O. The first-order valence-corrected chi connectivity index (χ1v) is 12.3. The van der Waals surface area contributed by atoms with E-state index in [4.69, 9.17) is 4.74 Å². The Labute approximate surface area is 187 Å². The molecule has 0 N–H and O–H groups in total. The van der Waals surface area contributed by atoms with Gasteiger partial charge in [-0.3, -0.25) is 0 Å². The lowest BCUT2D eigenvalue weighted by molar-refractivity contribution is -0.735. The number of unbranched alkanes of at least 4 members (excludes halogenated alkanes) is 8. The Hall–Kier alpha value is -0.540. The van der Waals surface area contributed by atoms with Crippen molar-refractivity contribution in [2.45, 2.75) is 124 Å². The van der Waals surface area contributed by atoms with Crippen LogP contribution in [0.5, 0.6) is 0 Å². The van der Waals surface area contributed by atoms with Gasteiger partial charge in [0.25, 0.3) is 0 Å². The summed E-state index contributed by atoms with van der Waals surface area (Å²) in [6, 6.07) is 0. The summed E-state index contributed by atoms with van der Waals surface area (Å²) in [5.74, 6) is 2.25. The number of aromatic nitrogens is 2. The molecule has 3 atom stereocenters. The average molecular weight is 427 g/mol. The molecule has 1 saturated carbocycles. The normalized spacial score (nSPS) is 22.0. The summed E-state index contributed by atoms with van der Waals surface area (Å²) < 4.78 is 10.9. The molecule has 0 amide bonds. The van der Waals surface area contributed by atoms with Crippen molar-refractivity contribution in [3.63, 3.8) is 0 Å². The second kappa shape index (κ2) is 15.3. The largest absolute Gasteiger partial charge is 1.00 e. The van der Waals surface area contributed by atoms with E-state index in [9.17, 15) is 0 Å². The molecule has 29 heavy (non-hydrogen) atoms. The van der Waals surface area contributed by atoms with Gasteiger partial charge in [0.05, 0.1) is 12.6 Å². The maximum Gasteiger partial charge on any atom is 0.245 e. The molecule has 2 rings (SSSR count). The van der Waals surface area contributed by atoms with Crippen LogP contribution < -0.4 is 17.0 Å². The molecule has 1 aromatic heterocycles. The number of rotatable bonds is 14. The zero-order valence-electron chi connectivity index (χ0n) is 19.6. The molecular weight excluding hydrogens is 380 g/mol. The highest BCUT2D eigenvalue weighted by atomic mass is 35.5. The molecule has 1 heterocycles. The van der Waals surface area contributed by atoms with Crippen molar-refractivity contribution in [1.82, 2.24) is 4.57 Å². The van der Waals surface area contributed by atoms with Crippen LogP contribution in [0.1, 0.15) is 105 Å². The Morgan fingerprint density at radius 1 is 1.00 bits per heavy atom. The topological polar surface area (TPSA) is 18.0 Å². The predicted molar refractivity (Wildman–Crippen MR) is 118 cm³/mol. The van der Waals surface area contributed by atoms with Crippen LogP contribution in [0.2, 0.25) is 0 Å². The Morgan fingerprint density at radius 3 is 2.31 bits per heavy atom. The number of ether oxygens (including phenoxy) is 1. The standard InChI is InChI=1S/C25H47N2O.ClH/c1-5-6-7-8-9-10-11-12-13-16-26-17-18-27(20-26)21-28-25-19-23(4)14-15-24(25)22(2)3;/h17-18,20,22-25H,5-16,19,21H2,1-4H3;1H/q+1;/p-1. The summed E-state index contributed by atoms with van der Waals surface area (Å²) in [5.41, 5.74) is 0. The smallest absolute Gasteiger partial charge is 0.245 e. The van der Waals surface area contributed by atoms with Gasteiger partial charge in [-0.05, 0) is 43.4 Å². The van der Waals surface area contributed by atoms with Crippen LogP contribution in [0.15, 0.2) is 18.7 Å². The third kappa shape index (κ3) is 10.4. The first-order chi connectivity index (χ1) is 13.6. The molecule has 4 heteroatoms. The second-order valence-corrected chi connectivity index (χ2v) is 9.65. The van der Waals surface area contributed by atoms with Gasteiger partial charge < -0.3 is 17.1 Å². The highest BCUT2D eigenvalue weighted by molar-refractivity contribution is 4.80. The van der Waals surface area contributed by atoms with Gasteiger partial charge in [0.15, 0.2) is 6.73 Å². The van der Waals surface area contributed by atoms with E-state index in [1.165, 1.54) is 77.0 Å². The molecule has 1 aromatic rings. The minimum Gasteiger partial charge on any atom is -1.00 e. The second-order valence-electron chi connectivity index (χ2n) is 9.65. The van der Waals surface area contributed by atoms with E-state index >= 15 is 0 Å². The van der Waals surface area contributed by atoms with E-state index in [1.807, 2.05) is 0 Å². The van der Waals surface area contributed by atoms with Crippen molar-refractivity contribution >= 4 is 0 Å². The van der Waals surface area contributed by atoms with Gasteiger partial charge >= 0.3 is 0 Å². The van der Waals surface area contributed by atoms with Gasteiger partial charge in [0, 0.05) is 0 Å². The lowest BCUT2D eigenvalue weighted by atomic mass is 9.75. The predicted octanol–water partition coefficient (Wildman–Crippen LogP) is 3.75. The van der Waals surface area contributed by atoms with Gasteiger partial charge in [0.2, 0.25) is 6.33 Å². The van der Waals surface area contributed by atoms with Gasteiger partial charge in [-0.2, -0.15) is 0 Å². The summed E-state index contributed by atoms with van der Waals surface area (Å²) in [7, 11) is 0. The number of halogens is 1. The van der Waals surface area contributed by atoms with Crippen molar-refractivity contribution in [1.29, 1.82) is 0 Å². The first-order valence-electron chi connectivity index (χ1n) is 12.3. The molecule has 0 bridgehead atoms. The van der Waals surface area contributed by atoms with Crippen LogP contribution in [0.4, 0.5) is 0 Å². The maximum absolute atomic E-state index is 6.37. The average Bonchev–Trinajstić information content (AvgIpc) is 3.12. The van der Waals surface area contributed by atoms with Gasteiger partial charge in [-0.15, -0.1) is 0 Å². The molecule has 3 unspecified atom stereocenters. The Morgan fingerprint density at radius 2 is 1.66 bits per heavy atom. The molecule has 0 aliphatic heterocycles. The number of imidazole rings is 1. The van der Waals surface area contributed by atoms with Crippen molar-refractivity contribution in [3.8, 4) is 0 Å². The number of hydrogen-bond donors (Lipinski definition) is 0. The fraction of sp³-hybridized carbons (Fsp3) is 0.880. The van der Waals surface area contributed by atoms with Crippen molar-refractivity contribution in [2.24, 2.45) is 17.8 Å². The number of nitrogens with zero attached hydrogens (tertiary/aromatic N) is 2. The van der Waals surface area contributed by atoms with E-state index in [0.717, 1.165) is 24.3 Å². The zero-order valence-corrected chi connectivity index (χ0v) is 20.4. The SMILES string of the molecule is CCCCCCCCCCCn1cc[n+](COC2CC(C)CCC2C(C)C)c1.[Cl-]. The quantitative estimate of drug-likeness (QED) is 0.327. The van der Waals surface area contributed by atoms with Crippen LogP contribution in [-0.4, -0.2) is 10.7 Å². The molecule has 3 nitrogen and oxygen atoms in total. The van der Waals surface area contributed by atoms with Crippen LogP contribution in [0.25, 0.3) is 0 Å². The Bertz CT molecular complexity index is 517.